The monoisotopic (exact) mass is 357 g/mol. The second kappa shape index (κ2) is 7.52. The van der Waals surface area contributed by atoms with Gasteiger partial charge in [0.25, 0.3) is 5.91 Å². The van der Waals surface area contributed by atoms with Gasteiger partial charge in [0.15, 0.2) is 6.10 Å². The molecule has 2 heterocycles. The fraction of sp³-hybridized carbons (Fsp3) is 0.524. The van der Waals surface area contributed by atoms with Crippen LogP contribution in [0.2, 0.25) is 0 Å². The molecular weight excluding hydrogens is 330 g/mol. The molecule has 140 valence electrons. The average Bonchev–Trinajstić information content (AvgIpc) is 2.96. The van der Waals surface area contributed by atoms with Crippen molar-refractivity contribution in [3.05, 3.63) is 35.6 Å². The van der Waals surface area contributed by atoms with Crippen LogP contribution in [0.3, 0.4) is 0 Å². The van der Waals surface area contributed by atoms with E-state index in [-0.39, 0.29) is 24.4 Å². The fourth-order valence-corrected chi connectivity index (χ4v) is 3.84. The Kier molecular flexibility index (Phi) is 5.35. The Morgan fingerprint density at radius 2 is 1.96 bits per heavy atom. The second-order valence-corrected chi connectivity index (χ2v) is 7.44. The summed E-state index contributed by atoms with van der Waals surface area (Å²) in [5, 5.41) is 0.907. The molecule has 5 nitrogen and oxygen atoms in total. The molecule has 1 aliphatic rings. The van der Waals surface area contributed by atoms with E-state index >= 15 is 0 Å². The van der Waals surface area contributed by atoms with Crippen LogP contribution in [0.4, 0.5) is 0 Å². The molecule has 0 saturated carbocycles. The minimum atomic E-state index is -0.772. The Morgan fingerprint density at radius 3 is 2.65 bits per heavy atom. The molecule has 1 fully saturated rings. The van der Waals surface area contributed by atoms with Gasteiger partial charge in [0.2, 0.25) is 0 Å². The summed E-state index contributed by atoms with van der Waals surface area (Å²) in [5.74, 6) is -0.517. The largest absolute Gasteiger partial charge is 0.464 e. The van der Waals surface area contributed by atoms with E-state index in [1.165, 1.54) is 0 Å². The molecule has 0 bridgehead atoms. The summed E-state index contributed by atoms with van der Waals surface area (Å²) in [6.07, 6.45) is 4.04. The van der Waals surface area contributed by atoms with Crippen LogP contribution in [0, 0.1) is 6.92 Å². The lowest BCUT2D eigenvalue weighted by atomic mass is 9.97. The van der Waals surface area contributed by atoms with Crippen LogP contribution in [0.1, 0.15) is 51.2 Å². The second-order valence-electron chi connectivity index (χ2n) is 7.44. The number of esters is 1. The summed E-state index contributed by atoms with van der Waals surface area (Å²) in [7, 11) is 0. The highest BCUT2D eigenvalue weighted by molar-refractivity contribution is 5.88. The molecule has 1 saturated heterocycles. The summed E-state index contributed by atoms with van der Waals surface area (Å²) < 4.78 is 11.0. The number of carbonyl (C=O) groups excluding carboxylic acids is 2. The number of furan rings is 1. The van der Waals surface area contributed by atoms with Crippen molar-refractivity contribution >= 4 is 22.8 Å². The lowest BCUT2D eigenvalue weighted by Gasteiger charge is -2.40. The van der Waals surface area contributed by atoms with Crippen molar-refractivity contribution in [2.45, 2.75) is 71.6 Å². The topological polar surface area (TPSA) is 59.8 Å². The number of benzene rings is 1. The fourth-order valence-electron chi connectivity index (χ4n) is 3.84. The smallest absolute Gasteiger partial charge is 0.311 e. The van der Waals surface area contributed by atoms with Gasteiger partial charge in [-0.25, -0.2) is 0 Å². The zero-order valence-electron chi connectivity index (χ0n) is 16.0. The third kappa shape index (κ3) is 3.76. The lowest BCUT2D eigenvalue weighted by Crippen LogP contribution is -2.51. The number of fused-ring (bicyclic) bond motifs is 1. The van der Waals surface area contributed by atoms with E-state index in [2.05, 4.69) is 13.8 Å². The van der Waals surface area contributed by atoms with Gasteiger partial charge in [0.05, 0.1) is 12.7 Å². The molecule has 1 amide bonds. The van der Waals surface area contributed by atoms with Gasteiger partial charge in [0.1, 0.15) is 5.58 Å². The van der Waals surface area contributed by atoms with Crippen LogP contribution in [0.5, 0.6) is 0 Å². The van der Waals surface area contributed by atoms with E-state index in [9.17, 15) is 9.59 Å². The van der Waals surface area contributed by atoms with Crippen molar-refractivity contribution in [1.82, 2.24) is 4.90 Å². The molecule has 1 aromatic carbocycles. The van der Waals surface area contributed by atoms with Gasteiger partial charge in [-0.1, -0.05) is 12.1 Å². The van der Waals surface area contributed by atoms with Crippen molar-refractivity contribution in [3.8, 4) is 0 Å². The van der Waals surface area contributed by atoms with Crippen LogP contribution >= 0.6 is 0 Å². The molecular formula is C21H27NO4. The highest BCUT2D eigenvalue weighted by Crippen LogP contribution is 2.25. The van der Waals surface area contributed by atoms with Crippen molar-refractivity contribution in [2.75, 3.05) is 0 Å². The van der Waals surface area contributed by atoms with E-state index in [0.717, 1.165) is 41.4 Å². The molecule has 0 spiro atoms. The van der Waals surface area contributed by atoms with Gasteiger partial charge in [-0.15, -0.1) is 0 Å². The summed E-state index contributed by atoms with van der Waals surface area (Å²) in [6.45, 7) is 7.76. The third-order valence-electron chi connectivity index (χ3n) is 5.25. The molecule has 2 aromatic rings. The first-order valence-electron chi connectivity index (χ1n) is 9.35. The maximum atomic E-state index is 12.7. The molecule has 3 atom stereocenters. The van der Waals surface area contributed by atoms with Gasteiger partial charge in [-0.05, 0) is 58.6 Å². The lowest BCUT2D eigenvalue weighted by molar-refractivity contribution is -0.161. The zero-order chi connectivity index (χ0) is 18.8. The van der Waals surface area contributed by atoms with Crippen molar-refractivity contribution in [2.24, 2.45) is 0 Å². The summed E-state index contributed by atoms with van der Waals surface area (Å²) in [5.41, 5.74) is 2.64. The van der Waals surface area contributed by atoms with Crippen molar-refractivity contribution in [3.63, 3.8) is 0 Å². The zero-order valence-corrected chi connectivity index (χ0v) is 16.0. The Labute approximate surface area is 154 Å². The first kappa shape index (κ1) is 18.5. The number of amides is 1. The Morgan fingerprint density at radius 1 is 1.27 bits per heavy atom. The van der Waals surface area contributed by atoms with Crippen LogP contribution in [-0.2, 0) is 20.7 Å². The average molecular weight is 357 g/mol. The van der Waals surface area contributed by atoms with E-state index in [1.54, 1.807) is 13.2 Å². The minimum Gasteiger partial charge on any atom is -0.464 e. The van der Waals surface area contributed by atoms with Gasteiger partial charge in [-0.3, -0.25) is 9.59 Å². The van der Waals surface area contributed by atoms with Gasteiger partial charge < -0.3 is 14.1 Å². The van der Waals surface area contributed by atoms with Crippen molar-refractivity contribution < 1.29 is 18.7 Å². The van der Waals surface area contributed by atoms with Crippen LogP contribution in [0.25, 0.3) is 11.0 Å². The summed E-state index contributed by atoms with van der Waals surface area (Å²) in [4.78, 5) is 27.0. The summed E-state index contributed by atoms with van der Waals surface area (Å²) >= 11 is 0. The van der Waals surface area contributed by atoms with Crippen LogP contribution < -0.4 is 0 Å². The highest BCUT2D eigenvalue weighted by atomic mass is 16.5. The Bertz CT molecular complexity index is 799. The number of aryl methyl sites for hydroxylation is 1. The summed E-state index contributed by atoms with van der Waals surface area (Å²) in [6, 6.07) is 6.25. The molecule has 1 aromatic heterocycles. The first-order chi connectivity index (χ1) is 12.4. The van der Waals surface area contributed by atoms with Crippen LogP contribution in [0.15, 0.2) is 28.9 Å². The van der Waals surface area contributed by atoms with Gasteiger partial charge in [0, 0.05) is 23.0 Å². The molecule has 3 rings (SSSR count). The maximum Gasteiger partial charge on any atom is 0.311 e. The van der Waals surface area contributed by atoms with E-state index < -0.39 is 12.1 Å². The highest BCUT2D eigenvalue weighted by Gasteiger charge is 2.33. The van der Waals surface area contributed by atoms with Crippen LogP contribution in [-0.4, -0.2) is 35.0 Å². The SMILES string of the molecule is Cc1ccc2c(CC(=O)O[C@H](C)C(=O)N3[C@@H](C)CCC[C@@H]3C)coc2c1. The number of piperidine rings is 1. The number of hydrogen-bond acceptors (Lipinski definition) is 4. The van der Waals surface area contributed by atoms with Gasteiger partial charge >= 0.3 is 5.97 Å². The molecule has 26 heavy (non-hydrogen) atoms. The number of hydrogen-bond donors (Lipinski definition) is 0. The number of rotatable bonds is 4. The molecule has 5 heteroatoms. The first-order valence-corrected chi connectivity index (χ1v) is 9.35. The van der Waals surface area contributed by atoms with E-state index in [0.29, 0.717) is 0 Å². The predicted octanol–water partition coefficient (Wildman–Crippen LogP) is 4.00. The Balaban J connectivity index is 1.64. The number of ether oxygens (including phenoxy) is 1. The van der Waals surface area contributed by atoms with Gasteiger partial charge in [-0.2, -0.15) is 0 Å². The molecule has 0 N–H and O–H groups in total. The number of nitrogens with zero attached hydrogens (tertiary/aromatic N) is 1. The molecule has 1 aliphatic heterocycles. The molecule has 0 aliphatic carbocycles. The minimum absolute atomic E-state index is 0.0960. The third-order valence-corrected chi connectivity index (χ3v) is 5.25. The predicted molar refractivity (Wildman–Crippen MR) is 99.8 cm³/mol. The van der Waals surface area contributed by atoms with E-state index in [1.807, 2.05) is 30.0 Å². The Hall–Kier alpha value is -2.30. The maximum absolute atomic E-state index is 12.7. The van der Waals surface area contributed by atoms with E-state index in [4.69, 9.17) is 9.15 Å². The molecule has 0 unspecified atom stereocenters. The normalized spacial score (nSPS) is 21.6. The number of likely N-dealkylation sites (tertiary alicyclic amines) is 1. The van der Waals surface area contributed by atoms with Crippen molar-refractivity contribution in [1.29, 1.82) is 0 Å². The standard InChI is InChI=1S/C21H27NO4/c1-13-8-9-18-17(12-25-19(18)10-13)11-20(23)26-16(4)21(24)22-14(2)6-5-7-15(22)3/h8-10,12,14-16H,5-7,11H2,1-4H3/t14-,15-,16+/m0/s1. The molecule has 0 radical (unpaired) electrons. The number of carbonyl (C=O) groups is 2. The quantitative estimate of drug-likeness (QED) is 0.776.